The van der Waals surface area contributed by atoms with Crippen LogP contribution < -0.4 is 5.32 Å². The first-order valence-corrected chi connectivity index (χ1v) is 6.77. The number of carbonyl (C=O) groups excluding carboxylic acids is 1. The number of halogens is 2. The Morgan fingerprint density at radius 1 is 1.56 bits per heavy atom. The van der Waals surface area contributed by atoms with Crippen molar-refractivity contribution in [1.82, 2.24) is 10.2 Å². The first kappa shape index (κ1) is 13.5. The van der Waals surface area contributed by atoms with Gasteiger partial charge in [-0.15, -0.1) is 0 Å². The van der Waals surface area contributed by atoms with Gasteiger partial charge < -0.3 is 10.2 Å². The molecule has 1 aliphatic rings. The molecule has 0 spiro atoms. The van der Waals surface area contributed by atoms with Gasteiger partial charge in [-0.25, -0.2) is 4.39 Å². The van der Waals surface area contributed by atoms with E-state index in [4.69, 9.17) is 0 Å². The summed E-state index contributed by atoms with van der Waals surface area (Å²) in [6.45, 7) is 0.618. The van der Waals surface area contributed by atoms with Gasteiger partial charge in [0, 0.05) is 29.7 Å². The van der Waals surface area contributed by atoms with Crippen LogP contribution in [-0.2, 0) is 11.3 Å². The van der Waals surface area contributed by atoms with Crippen LogP contribution in [0.15, 0.2) is 22.7 Å². The van der Waals surface area contributed by atoms with E-state index in [1.165, 1.54) is 6.07 Å². The molecule has 2 rings (SSSR count). The molecular formula is C13H16BrFN2O. The maximum Gasteiger partial charge on any atom is 0.236 e. The number of carbonyl (C=O) groups is 1. The summed E-state index contributed by atoms with van der Waals surface area (Å²) in [5, 5.41) is 3.15. The van der Waals surface area contributed by atoms with Crippen molar-refractivity contribution in [1.29, 1.82) is 0 Å². The second-order valence-electron chi connectivity index (χ2n) is 4.64. The Labute approximate surface area is 114 Å². The molecule has 5 heteroatoms. The molecule has 0 bridgehead atoms. The number of benzene rings is 1. The van der Waals surface area contributed by atoms with Crippen LogP contribution in [0.3, 0.4) is 0 Å². The zero-order chi connectivity index (χ0) is 13.1. The van der Waals surface area contributed by atoms with Crippen LogP contribution >= 0.6 is 15.9 Å². The fourth-order valence-electron chi connectivity index (χ4n) is 1.66. The van der Waals surface area contributed by atoms with Crippen LogP contribution in [0, 0.1) is 5.82 Å². The molecule has 1 N–H and O–H groups in total. The second kappa shape index (κ2) is 5.80. The Bertz CT molecular complexity index is 449. The van der Waals surface area contributed by atoms with Crippen molar-refractivity contribution < 1.29 is 9.18 Å². The van der Waals surface area contributed by atoms with E-state index < -0.39 is 0 Å². The molecular weight excluding hydrogens is 299 g/mol. The lowest BCUT2D eigenvalue weighted by atomic mass is 10.2. The average Bonchev–Trinajstić information content (AvgIpc) is 3.14. The highest BCUT2D eigenvalue weighted by atomic mass is 79.9. The van der Waals surface area contributed by atoms with Crippen molar-refractivity contribution in [2.45, 2.75) is 25.4 Å². The van der Waals surface area contributed by atoms with Crippen LogP contribution in [0.25, 0.3) is 0 Å². The number of likely N-dealkylation sites (N-methyl/N-ethyl adjacent to an activating group) is 1. The van der Waals surface area contributed by atoms with Crippen molar-refractivity contribution in [3.8, 4) is 0 Å². The maximum absolute atomic E-state index is 13.5. The average molecular weight is 315 g/mol. The third-order valence-corrected chi connectivity index (χ3v) is 3.45. The SMILES string of the molecule is CN(Cc1cc(Br)ccc1F)C(=O)CNC1CC1. The largest absolute Gasteiger partial charge is 0.340 e. The molecule has 3 nitrogen and oxygen atoms in total. The lowest BCUT2D eigenvalue weighted by Gasteiger charge is -2.18. The molecule has 0 atom stereocenters. The Balaban J connectivity index is 1.90. The van der Waals surface area contributed by atoms with E-state index in [9.17, 15) is 9.18 Å². The summed E-state index contributed by atoms with van der Waals surface area (Å²) in [5.41, 5.74) is 0.520. The molecule has 0 aliphatic heterocycles. The van der Waals surface area contributed by atoms with Crippen molar-refractivity contribution >= 4 is 21.8 Å². The highest BCUT2D eigenvalue weighted by Crippen LogP contribution is 2.19. The normalized spacial score (nSPS) is 14.6. The fraction of sp³-hybridized carbons (Fsp3) is 0.462. The van der Waals surface area contributed by atoms with Gasteiger partial charge in [-0.1, -0.05) is 15.9 Å². The van der Waals surface area contributed by atoms with Gasteiger partial charge in [0.05, 0.1) is 6.54 Å². The van der Waals surface area contributed by atoms with Crippen molar-refractivity contribution in [2.24, 2.45) is 0 Å². The molecule has 1 aromatic rings. The monoisotopic (exact) mass is 314 g/mol. The van der Waals surface area contributed by atoms with E-state index in [2.05, 4.69) is 21.2 Å². The molecule has 0 heterocycles. The number of hydrogen-bond acceptors (Lipinski definition) is 2. The minimum atomic E-state index is -0.284. The zero-order valence-electron chi connectivity index (χ0n) is 10.2. The van der Waals surface area contributed by atoms with Crippen molar-refractivity contribution in [3.05, 3.63) is 34.1 Å². The van der Waals surface area contributed by atoms with Gasteiger partial charge in [-0.05, 0) is 31.0 Å². The number of amides is 1. The Hall–Kier alpha value is -0.940. The van der Waals surface area contributed by atoms with E-state index in [-0.39, 0.29) is 18.3 Å². The topological polar surface area (TPSA) is 32.3 Å². The first-order chi connectivity index (χ1) is 8.56. The smallest absolute Gasteiger partial charge is 0.236 e. The van der Waals surface area contributed by atoms with Crippen LogP contribution in [-0.4, -0.2) is 30.4 Å². The molecule has 1 aromatic carbocycles. The minimum absolute atomic E-state index is 0.0127. The third kappa shape index (κ3) is 3.78. The Kier molecular flexibility index (Phi) is 4.35. The zero-order valence-corrected chi connectivity index (χ0v) is 11.8. The quantitative estimate of drug-likeness (QED) is 0.904. The predicted octanol–water partition coefficient (Wildman–Crippen LogP) is 2.30. The van der Waals surface area contributed by atoms with Gasteiger partial charge in [0.1, 0.15) is 5.82 Å². The van der Waals surface area contributed by atoms with E-state index in [1.807, 2.05) is 0 Å². The number of nitrogens with zero attached hydrogens (tertiary/aromatic N) is 1. The van der Waals surface area contributed by atoms with Gasteiger partial charge >= 0.3 is 0 Å². The summed E-state index contributed by atoms with van der Waals surface area (Å²) in [6.07, 6.45) is 2.30. The summed E-state index contributed by atoms with van der Waals surface area (Å²) < 4.78 is 14.4. The Morgan fingerprint density at radius 2 is 2.28 bits per heavy atom. The summed E-state index contributed by atoms with van der Waals surface area (Å²) in [7, 11) is 1.69. The van der Waals surface area contributed by atoms with E-state index in [0.717, 1.165) is 17.3 Å². The molecule has 18 heavy (non-hydrogen) atoms. The third-order valence-electron chi connectivity index (χ3n) is 2.96. The van der Waals surface area contributed by atoms with Crippen LogP contribution in [0.1, 0.15) is 18.4 Å². The molecule has 0 radical (unpaired) electrons. The van der Waals surface area contributed by atoms with Gasteiger partial charge in [0.2, 0.25) is 5.91 Å². The minimum Gasteiger partial charge on any atom is -0.340 e. The van der Waals surface area contributed by atoms with Gasteiger partial charge in [0.25, 0.3) is 0 Å². The van der Waals surface area contributed by atoms with E-state index in [1.54, 1.807) is 24.1 Å². The second-order valence-corrected chi connectivity index (χ2v) is 5.56. The summed E-state index contributed by atoms with van der Waals surface area (Å²) in [4.78, 5) is 13.3. The van der Waals surface area contributed by atoms with Crippen LogP contribution in [0.2, 0.25) is 0 Å². The number of nitrogens with one attached hydrogen (secondary N) is 1. The lowest BCUT2D eigenvalue weighted by molar-refractivity contribution is -0.129. The summed E-state index contributed by atoms with van der Waals surface area (Å²) >= 11 is 3.30. The van der Waals surface area contributed by atoms with Gasteiger partial charge in [-0.3, -0.25) is 4.79 Å². The highest BCUT2D eigenvalue weighted by Gasteiger charge is 2.22. The molecule has 1 aliphatic carbocycles. The molecule has 0 saturated heterocycles. The molecule has 0 aromatic heterocycles. The van der Waals surface area contributed by atoms with Crippen molar-refractivity contribution in [2.75, 3.05) is 13.6 Å². The summed E-state index contributed by atoms with van der Waals surface area (Å²) in [6, 6.07) is 5.26. The summed E-state index contributed by atoms with van der Waals surface area (Å²) in [5.74, 6) is -0.297. The van der Waals surface area contributed by atoms with E-state index in [0.29, 0.717) is 18.2 Å². The van der Waals surface area contributed by atoms with Gasteiger partial charge in [0.15, 0.2) is 0 Å². The molecule has 0 unspecified atom stereocenters. The van der Waals surface area contributed by atoms with E-state index >= 15 is 0 Å². The first-order valence-electron chi connectivity index (χ1n) is 5.97. The lowest BCUT2D eigenvalue weighted by Crippen LogP contribution is -2.36. The van der Waals surface area contributed by atoms with Crippen LogP contribution in [0.4, 0.5) is 4.39 Å². The maximum atomic E-state index is 13.5. The predicted molar refractivity (Wildman–Crippen MR) is 71.6 cm³/mol. The highest BCUT2D eigenvalue weighted by molar-refractivity contribution is 9.10. The fourth-order valence-corrected chi connectivity index (χ4v) is 2.07. The molecule has 1 saturated carbocycles. The standard InChI is InChI=1S/C13H16BrFN2O/c1-17(13(18)7-16-11-3-4-11)8-9-6-10(14)2-5-12(9)15/h2,5-6,11,16H,3-4,7-8H2,1H3. The van der Waals surface area contributed by atoms with Crippen LogP contribution in [0.5, 0.6) is 0 Å². The number of hydrogen-bond donors (Lipinski definition) is 1. The van der Waals surface area contributed by atoms with Gasteiger partial charge in [-0.2, -0.15) is 0 Å². The molecule has 1 amide bonds. The Morgan fingerprint density at radius 3 is 2.94 bits per heavy atom. The molecule has 98 valence electrons. The van der Waals surface area contributed by atoms with Crippen molar-refractivity contribution in [3.63, 3.8) is 0 Å². The molecule has 1 fully saturated rings. The number of rotatable bonds is 5.